The Bertz CT molecular complexity index is 1220. The minimum atomic E-state index is -0.253. The van der Waals surface area contributed by atoms with Gasteiger partial charge in [-0.15, -0.1) is 17.9 Å². The van der Waals surface area contributed by atoms with Crippen molar-refractivity contribution in [3.8, 4) is 5.75 Å². The lowest BCUT2D eigenvalue weighted by atomic mass is 10.00. The number of ether oxygens (including phenoxy) is 1. The molecule has 1 aromatic heterocycles. The first-order chi connectivity index (χ1) is 17.4. The van der Waals surface area contributed by atoms with Crippen molar-refractivity contribution in [2.75, 3.05) is 26.2 Å². The molecule has 3 aromatic rings. The van der Waals surface area contributed by atoms with Gasteiger partial charge in [0.05, 0.1) is 6.04 Å². The van der Waals surface area contributed by atoms with Crippen LogP contribution in [0.15, 0.2) is 72.6 Å². The van der Waals surface area contributed by atoms with Crippen molar-refractivity contribution in [2.24, 2.45) is 0 Å². The first-order valence-electron chi connectivity index (χ1n) is 12.1. The van der Waals surface area contributed by atoms with Crippen LogP contribution < -0.4 is 4.74 Å². The second-order valence-electron chi connectivity index (χ2n) is 9.17. The molecule has 2 heterocycles. The molecule has 0 spiro atoms. The van der Waals surface area contributed by atoms with Crippen LogP contribution in [0.3, 0.4) is 0 Å². The number of fused-ring (bicyclic) bond motifs is 1. The van der Waals surface area contributed by atoms with Crippen molar-refractivity contribution in [2.45, 2.75) is 32.2 Å². The predicted molar refractivity (Wildman–Crippen MR) is 146 cm³/mol. The fourth-order valence-electron chi connectivity index (χ4n) is 4.43. The van der Waals surface area contributed by atoms with E-state index in [0.717, 1.165) is 17.7 Å². The van der Waals surface area contributed by atoms with Crippen LogP contribution in [0.4, 0.5) is 0 Å². The standard InChI is InChI=1S/C29H31ClN2O3S/c1-4-14-31(29(34)22-6-5-7-23(30)17-22)18-28(33)32-15-12-27-25(13-16-36-27)26(32)19-35-24-10-8-21(9-11-24)20(2)3/h4-11,13,16-17,20,26H,1,12,14-15,18-19H2,2-3H3. The first-order valence-corrected chi connectivity index (χ1v) is 13.4. The fourth-order valence-corrected chi connectivity index (χ4v) is 5.55. The molecule has 1 aliphatic rings. The molecule has 2 amide bonds. The van der Waals surface area contributed by atoms with Crippen LogP contribution >= 0.6 is 22.9 Å². The summed E-state index contributed by atoms with van der Waals surface area (Å²) < 4.78 is 6.17. The Morgan fingerprint density at radius 1 is 1.22 bits per heavy atom. The van der Waals surface area contributed by atoms with E-state index in [-0.39, 0.29) is 30.9 Å². The number of nitrogens with zero attached hydrogens (tertiary/aromatic N) is 2. The van der Waals surface area contributed by atoms with Gasteiger partial charge in [-0.1, -0.05) is 49.7 Å². The number of benzene rings is 2. The van der Waals surface area contributed by atoms with Crippen LogP contribution in [-0.4, -0.2) is 47.9 Å². The molecular weight excluding hydrogens is 492 g/mol. The average molecular weight is 523 g/mol. The van der Waals surface area contributed by atoms with Crippen LogP contribution in [0.2, 0.25) is 5.02 Å². The van der Waals surface area contributed by atoms with Gasteiger partial charge in [-0.2, -0.15) is 0 Å². The third-order valence-electron chi connectivity index (χ3n) is 6.40. The molecule has 0 saturated heterocycles. The molecule has 0 bridgehead atoms. The highest BCUT2D eigenvalue weighted by atomic mass is 35.5. The Morgan fingerprint density at radius 2 is 2.00 bits per heavy atom. The van der Waals surface area contributed by atoms with Gasteiger partial charge in [0.1, 0.15) is 18.9 Å². The molecule has 7 heteroatoms. The molecule has 4 rings (SSSR count). The minimum Gasteiger partial charge on any atom is -0.491 e. The molecule has 0 N–H and O–H groups in total. The van der Waals surface area contributed by atoms with Crippen molar-refractivity contribution in [3.05, 3.63) is 99.2 Å². The number of hydrogen-bond acceptors (Lipinski definition) is 4. The Labute approximate surface area is 221 Å². The largest absolute Gasteiger partial charge is 0.491 e. The lowest BCUT2D eigenvalue weighted by molar-refractivity contribution is -0.135. The Balaban J connectivity index is 1.51. The molecule has 0 fully saturated rings. The minimum absolute atomic E-state index is 0.0452. The van der Waals surface area contributed by atoms with Crippen molar-refractivity contribution >= 4 is 34.8 Å². The predicted octanol–water partition coefficient (Wildman–Crippen LogP) is 6.36. The van der Waals surface area contributed by atoms with Crippen molar-refractivity contribution in [1.82, 2.24) is 9.80 Å². The van der Waals surface area contributed by atoms with Crippen LogP contribution in [0, 0.1) is 0 Å². The van der Waals surface area contributed by atoms with Crippen molar-refractivity contribution < 1.29 is 14.3 Å². The molecular formula is C29H31ClN2O3S. The number of hydrogen-bond donors (Lipinski definition) is 0. The van der Waals surface area contributed by atoms with E-state index < -0.39 is 0 Å². The van der Waals surface area contributed by atoms with Gasteiger partial charge < -0.3 is 14.5 Å². The van der Waals surface area contributed by atoms with E-state index >= 15 is 0 Å². The maximum Gasteiger partial charge on any atom is 0.254 e. The highest BCUT2D eigenvalue weighted by Crippen LogP contribution is 2.34. The summed E-state index contributed by atoms with van der Waals surface area (Å²) in [6, 6.07) is 16.7. The maximum atomic E-state index is 13.6. The number of rotatable bonds is 9. The highest BCUT2D eigenvalue weighted by molar-refractivity contribution is 7.10. The van der Waals surface area contributed by atoms with Crippen LogP contribution in [0.1, 0.15) is 52.2 Å². The van der Waals surface area contributed by atoms with E-state index in [4.69, 9.17) is 16.3 Å². The zero-order chi connectivity index (χ0) is 25.7. The van der Waals surface area contributed by atoms with Gasteiger partial charge in [0.25, 0.3) is 5.91 Å². The summed E-state index contributed by atoms with van der Waals surface area (Å²) in [4.78, 5) is 31.4. The van der Waals surface area contributed by atoms with Gasteiger partial charge in [-0.05, 0) is 65.2 Å². The smallest absolute Gasteiger partial charge is 0.254 e. The van der Waals surface area contributed by atoms with Crippen molar-refractivity contribution in [1.29, 1.82) is 0 Å². The summed E-state index contributed by atoms with van der Waals surface area (Å²) >= 11 is 7.80. The summed E-state index contributed by atoms with van der Waals surface area (Å²) in [5.41, 5.74) is 2.82. The van der Waals surface area contributed by atoms with E-state index in [9.17, 15) is 9.59 Å². The molecule has 1 unspecified atom stereocenters. The maximum absolute atomic E-state index is 13.6. The highest BCUT2D eigenvalue weighted by Gasteiger charge is 2.33. The van der Waals surface area contributed by atoms with Crippen LogP contribution in [0.25, 0.3) is 0 Å². The zero-order valence-electron chi connectivity index (χ0n) is 20.7. The molecule has 5 nitrogen and oxygen atoms in total. The van der Waals surface area contributed by atoms with E-state index in [2.05, 4.69) is 44.0 Å². The summed E-state index contributed by atoms with van der Waals surface area (Å²) in [5, 5.41) is 2.54. The summed E-state index contributed by atoms with van der Waals surface area (Å²) in [7, 11) is 0. The van der Waals surface area contributed by atoms with Gasteiger partial charge in [0, 0.05) is 28.6 Å². The quantitative estimate of drug-likeness (QED) is 0.307. The van der Waals surface area contributed by atoms with Gasteiger partial charge in [-0.3, -0.25) is 9.59 Å². The molecule has 1 aliphatic heterocycles. The zero-order valence-corrected chi connectivity index (χ0v) is 22.2. The van der Waals surface area contributed by atoms with E-state index in [1.807, 2.05) is 17.0 Å². The van der Waals surface area contributed by atoms with E-state index in [1.165, 1.54) is 15.3 Å². The van der Waals surface area contributed by atoms with Crippen molar-refractivity contribution in [3.63, 3.8) is 0 Å². The number of halogens is 1. The van der Waals surface area contributed by atoms with E-state index in [0.29, 0.717) is 29.7 Å². The second-order valence-corrected chi connectivity index (χ2v) is 10.6. The number of amides is 2. The van der Waals surface area contributed by atoms with Gasteiger partial charge in [-0.25, -0.2) is 0 Å². The van der Waals surface area contributed by atoms with Crippen LogP contribution in [-0.2, 0) is 11.2 Å². The molecule has 0 aliphatic carbocycles. The van der Waals surface area contributed by atoms with Crippen LogP contribution in [0.5, 0.6) is 5.75 Å². The number of thiophene rings is 1. The Kier molecular flexibility index (Phi) is 8.49. The number of carbonyl (C=O) groups is 2. The Morgan fingerprint density at radius 3 is 2.69 bits per heavy atom. The van der Waals surface area contributed by atoms with E-state index in [1.54, 1.807) is 41.7 Å². The Hall–Kier alpha value is -3.09. The second kappa shape index (κ2) is 11.8. The average Bonchev–Trinajstić information content (AvgIpc) is 3.36. The monoisotopic (exact) mass is 522 g/mol. The lowest BCUT2D eigenvalue weighted by Crippen LogP contribution is -2.47. The summed E-state index contributed by atoms with van der Waals surface area (Å²) in [6.45, 7) is 9.23. The summed E-state index contributed by atoms with van der Waals surface area (Å²) in [5.74, 6) is 0.857. The molecule has 1 atom stereocenters. The molecule has 0 saturated carbocycles. The van der Waals surface area contributed by atoms with Gasteiger partial charge in [0.2, 0.25) is 5.91 Å². The summed E-state index contributed by atoms with van der Waals surface area (Å²) in [6.07, 6.45) is 2.42. The SMILES string of the molecule is C=CCN(CC(=O)N1CCc2sccc2C1COc1ccc(C(C)C)cc1)C(=O)c1cccc(Cl)c1. The molecule has 0 radical (unpaired) electrons. The molecule has 188 valence electrons. The van der Waals surface area contributed by atoms with Gasteiger partial charge >= 0.3 is 0 Å². The fraction of sp³-hybridized carbons (Fsp3) is 0.310. The van der Waals surface area contributed by atoms with Gasteiger partial charge in [0.15, 0.2) is 0 Å². The number of carbonyl (C=O) groups excluding carboxylic acids is 2. The normalized spacial score (nSPS) is 14.9. The first kappa shape index (κ1) is 26.0. The third kappa shape index (κ3) is 6.00. The lowest BCUT2D eigenvalue weighted by Gasteiger charge is -2.37. The third-order valence-corrected chi connectivity index (χ3v) is 7.64. The molecule has 36 heavy (non-hydrogen) atoms. The molecule has 2 aromatic carbocycles. The topological polar surface area (TPSA) is 49.9 Å².